The normalized spacial score (nSPS) is 18.4. The van der Waals surface area contributed by atoms with Crippen LogP contribution >= 0.6 is 0 Å². The van der Waals surface area contributed by atoms with Crippen molar-refractivity contribution < 1.29 is 9.59 Å². The number of benzene rings is 1. The summed E-state index contributed by atoms with van der Waals surface area (Å²) in [7, 11) is 0. The third-order valence-corrected chi connectivity index (χ3v) is 3.50. The second kappa shape index (κ2) is 6.41. The number of carbonyl (C=O) groups excluding carboxylic acids is 2. The number of anilines is 2. The molecule has 1 atom stereocenters. The van der Waals surface area contributed by atoms with Crippen LogP contribution in [-0.4, -0.2) is 29.8 Å². The number of nitrogens with one attached hydrogen (secondary N) is 1. The van der Waals surface area contributed by atoms with E-state index < -0.39 is 0 Å². The highest BCUT2D eigenvalue weighted by Crippen LogP contribution is 2.22. The zero-order valence-corrected chi connectivity index (χ0v) is 11.8. The number of hydrogen-bond acceptors (Lipinski definition) is 3. The molecular weight excluding hydrogens is 254 g/mol. The summed E-state index contributed by atoms with van der Waals surface area (Å²) in [6.07, 6.45) is 2.68. The summed E-state index contributed by atoms with van der Waals surface area (Å²) < 4.78 is 0. The Balaban J connectivity index is 1.87. The van der Waals surface area contributed by atoms with Gasteiger partial charge in [-0.15, -0.1) is 0 Å². The van der Waals surface area contributed by atoms with Gasteiger partial charge in [0.1, 0.15) is 0 Å². The van der Waals surface area contributed by atoms with Crippen molar-refractivity contribution in [1.29, 1.82) is 0 Å². The Hall–Kier alpha value is -2.04. The number of nitrogens with two attached hydrogens (primary N) is 1. The number of nitrogen functional groups attached to an aromatic ring is 1. The van der Waals surface area contributed by atoms with Gasteiger partial charge >= 0.3 is 0 Å². The summed E-state index contributed by atoms with van der Waals surface area (Å²) in [5, 5.41) is 2.76. The molecule has 1 aliphatic rings. The lowest BCUT2D eigenvalue weighted by Crippen LogP contribution is -2.34. The highest BCUT2D eigenvalue weighted by atomic mass is 16.2. The van der Waals surface area contributed by atoms with Gasteiger partial charge in [-0.05, 0) is 30.5 Å². The molecule has 108 valence electrons. The summed E-state index contributed by atoms with van der Waals surface area (Å²) in [6.45, 7) is 2.92. The molecule has 1 fully saturated rings. The Morgan fingerprint density at radius 2 is 2.30 bits per heavy atom. The largest absolute Gasteiger partial charge is 0.399 e. The molecule has 0 saturated carbocycles. The molecule has 20 heavy (non-hydrogen) atoms. The smallest absolute Gasteiger partial charge is 0.243 e. The van der Waals surface area contributed by atoms with Crippen LogP contribution < -0.4 is 11.1 Å². The van der Waals surface area contributed by atoms with E-state index in [0.717, 1.165) is 12.8 Å². The minimum absolute atomic E-state index is 0.0752. The average molecular weight is 275 g/mol. The van der Waals surface area contributed by atoms with E-state index in [4.69, 9.17) is 5.73 Å². The van der Waals surface area contributed by atoms with Gasteiger partial charge < -0.3 is 16.0 Å². The zero-order chi connectivity index (χ0) is 14.5. The number of hydrogen-bond donors (Lipinski definition) is 2. The first-order chi connectivity index (χ1) is 9.58. The number of carbonyl (C=O) groups is 2. The molecule has 1 aromatic rings. The second-order valence-corrected chi connectivity index (χ2v) is 5.31. The quantitative estimate of drug-likeness (QED) is 0.805. The van der Waals surface area contributed by atoms with Crippen LogP contribution in [-0.2, 0) is 9.59 Å². The van der Waals surface area contributed by atoms with E-state index in [1.807, 2.05) is 0 Å². The lowest BCUT2D eigenvalue weighted by molar-refractivity contribution is -0.131. The predicted octanol–water partition coefficient (Wildman–Crippen LogP) is 1.86. The Kier molecular flexibility index (Phi) is 4.61. The SMILES string of the molecule is CCCC1CC(=O)N(CC(=O)Nc2cccc(N)c2)C1. The van der Waals surface area contributed by atoms with Gasteiger partial charge in [0.2, 0.25) is 11.8 Å². The van der Waals surface area contributed by atoms with Gasteiger partial charge in [-0.2, -0.15) is 0 Å². The van der Waals surface area contributed by atoms with Crippen LogP contribution in [0.4, 0.5) is 11.4 Å². The zero-order valence-electron chi connectivity index (χ0n) is 11.8. The van der Waals surface area contributed by atoms with E-state index in [2.05, 4.69) is 12.2 Å². The summed E-state index contributed by atoms with van der Waals surface area (Å²) in [4.78, 5) is 25.4. The molecule has 0 radical (unpaired) electrons. The number of nitrogens with zero attached hydrogens (tertiary/aromatic N) is 1. The second-order valence-electron chi connectivity index (χ2n) is 5.31. The Morgan fingerprint density at radius 3 is 3.00 bits per heavy atom. The van der Waals surface area contributed by atoms with E-state index in [0.29, 0.717) is 30.3 Å². The fraction of sp³-hybridized carbons (Fsp3) is 0.467. The molecule has 2 amide bonds. The minimum Gasteiger partial charge on any atom is -0.399 e. The monoisotopic (exact) mass is 275 g/mol. The van der Waals surface area contributed by atoms with E-state index in [-0.39, 0.29) is 18.4 Å². The van der Waals surface area contributed by atoms with E-state index in [1.165, 1.54) is 0 Å². The maximum Gasteiger partial charge on any atom is 0.243 e. The Bertz CT molecular complexity index is 502. The fourth-order valence-electron chi connectivity index (χ4n) is 2.60. The Morgan fingerprint density at radius 1 is 1.50 bits per heavy atom. The molecule has 1 unspecified atom stereocenters. The molecule has 0 aliphatic carbocycles. The van der Waals surface area contributed by atoms with Crippen molar-refractivity contribution in [3.05, 3.63) is 24.3 Å². The summed E-state index contributed by atoms with van der Waals surface area (Å²) >= 11 is 0. The van der Waals surface area contributed by atoms with Crippen molar-refractivity contribution in [1.82, 2.24) is 4.90 Å². The van der Waals surface area contributed by atoms with Gasteiger partial charge in [0.05, 0.1) is 6.54 Å². The minimum atomic E-state index is -0.180. The molecule has 0 spiro atoms. The molecule has 0 bridgehead atoms. The van der Waals surface area contributed by atoms with Crippen molar-refractivity contribution in [3.8, 4) is 0 Å². The van der Waals surface area contributed by atoms with Crippen LogP contribution in [0.1, 0.15) is 26.2 Å². The highest BCUT2D eigenvalue weighted by Gasteiger charge is 2.29. The van der Waals surface area contributed by atoms with Gasteiger partial charge in [0.15, 0.2) is 0 Å². The van der Waals surface area contributed by atoms with Crippen LogP contribution in [0.5, 0.6) is 0 Å². The van der Waals surface area contributed by atoms with Crippen molar-refractivity contribution >= 4 is 23.2 Å². The van der Waals surface area contributed by atoms with Crippen LogP contribution in [0.3, 0.4) is 0 Å². The third kappa shape index (κ3) is 3.73. The van der Waals surface area contributed by atoms with Gasteiger partial charge in [0, 0.05) is 24.3 Å². The molecule has 2 rings (SSSR count). The lowest BCUT2D eigenvalue weighted by Gasteiger charge is -2.16. The van der Waals surface area contributed by atoms with Crippen molar-refractivity contribution in [2.45, 2.75) is 26.2 Å². The number of rotatable bonds is 5. The molecular formula is C15H21N3O2. The summed E-state index contributed by atoms with van der Waals surface area (Å²) in [5.41, 5.74) is 6.91. The van der Waals surface area contributed by atoms with Crippen LogP contribution in [0.2, 0.25) is 0 Å². The Labute approximate surface area is 119 Å². The molecule has 3 N–H and O–H groups in total. The van der Waals surface area contributed by atoms with Gasteiger partial charge in [-0.1, -0.05) is 19.4 Å². The number of amides is 2. The van der Waals surface area contributed by atoms with Crippen LogP contribution in [0.25, 0.3) is 0 Å². The first-order valence-electron chi connectivity index (χ1n) is 7.01. The van der Waals surface area contributed by atoms with Gasteiger partial charge in [0.25, 0.3) is 0 Å². The maximum absolute atomic E-state index is 11.9. The molecule has 5 heteroatoms. The van der Waals surface area contributed by atoms with E-state index in [1.54, 1.807) is 29.2 Å². The molecule has 1 heterocycles. The maximum atomic E-state index is 11.9. The number of likely N-dealkylation sites (tertiary alicyclic amines) is 1. The first-order valence-corrected chi connectivity index (χ1v) is 7.01. The van der Waals surface area contributed by atoms with E-state index in [9.17, 15) is 9.59 Å². The topological polar surface area (TPSA) is 75.4 Å². The lowest BCUT2D eigenvalue weighted by atomic mass is 10.0. The third-order valence-electron chi connectivity index (χ3n) is 3.50. The standard InChI is InChI=1S/C15H21N3O2/c1-2-4-11-7-15(20)18(9-11)10-14(19)17-13-6-3-5-12(16)8-13/h3,5-6,8,11H,2,4,7,9-10,16H2,1H3,(H,17,19). The van der Waals surface area contributed by atoms with Gasteiger partial charge in [-0.3, -0.25) is 9.59 Å². The summed E-state index contributed by atoms with van der Waals surface area (Å²) in [5.74, 6) is 0.292. The molecule has 1 aliphatic heterocycles. The van der Waals surface area contributed by atoms with Crippen molar-refractivity contribution in [3.63, 3.8) is 0 Å². The average Bonchev–Trinajstić information content (AvgIpc) is 2.70. The molecule has 0 aromatic heterocycles. The fourth-order valence-corrected chi connectivity index (χ4v) is 2.60. The van der Waals surface area contributed by atoms with Crippen LogP contribution in [0, 0.1) is 5.92 Å². The highest BCUT2D eigenvalue weighted by molar-refractivity contribution is 5.95. The molecule has 5 nitrogen and oxygen atoms in total. The van der Waals surface area contributed by atoms with Crippen molar-refractivity contribution in [2.24, 2.45) is 5.92 Å². The van der Waals surface area contributed by atoms with Gasteiger partial charge in [-0.25, -0.2) is 0 Å². The van der Waals surface area contributed by atoms with Crippen molar-refractivity contribution in [2.75, 3.05) is 24.1 Å². The predicted molar refractivity (Wildman–Crippen MR) is 79.1 cm³/mol. The summed E-state index contributed by atoms with van der Waals surface area (Å²) in [6, 6.07) is 7.02. The van der Waals surface area contributed by atoms with Crippen LogP contribution in [0.15, 0.2) is 24.3 Å². The molecule has 1 saturated heterocycles. The van der Waals surface area contributed by atoms with E-state index >= 15 is 0 Å². The molecule has 1 aromatic carbocycles. The first kappa shape index (κ1) is 14.4.